The molecular formula is C62H68N4OPt. The van der Waals surface area contributed by atoms with Gasteiger partial charge in [-0.1, -0.05) is 163 Å². The van der Waals surface area contributed by atoms with E-state index in [4.69, 9.17) is 9.72 Å². The normalized spacial score (nSPS) is 13.4. The molecule has 9 rings (SSSR count). The molecule has 1 aliphatic rings. The Morgan fingerprint density at radius 2 is 1.10 bits per heavy atom. The molecule has 6 heteroatoms. The van der Waals surface area contributed by atoms with E-state index in [0.717, 1.165) is 55.9 Å². The van der Waals surface area contributed by atoms with Crippen LogP contribution in [0, 0.1) is 26.2 Å². The minimum absolute atomic E-state index is 0. The summed E-state index contributed by atoms with van der Waals surface area (Å²) in [6.45, 7) is 34.2. The van der Waals surface area contributed by atoms with Crippen LogP contribution < -0.4 is 14.5 Å². The quantitative estimate of drug-likeness (QED) is 0.149. The third-order valence-electron chi connectivity index (χ3n) is 13.4. The summed E-state index contributed by atoms with van der Waals surface area (Å²) in [6.07, 6.45) is 1.91. The van der Waals surface area contributed by atoms with Crippen LogP contribution in [0.25, 0.3) is 27.6 Å². The van der Waals surface area contributed by atoms with Crippen molar-refractivity contribution in [2.45, 2.75) is 124 Å². The van der Waals surface area contributed by atoms with E-state index in [9.17, 15) is 0 Å². The smallest absolute Gasteiger partial charge is 0.509 e. The molecule has 0 fully saturated rings. The topological polar surface area (TPSA) is 33.5 Å². The molecule has 0 unspecified atom stereocenters. The Morgan fingerprint density at radius 3 is 1.75 bits per heavy atom. The SMILES string of the molecule is CC(C)(C)c1cc(Oc2[c-]c3c(cc2)c2ccccc2n3-c2cc(C(C)(C)C)ccn2)[c-]c(N2[CH-]N(c3cc(C(C)(C)C)cc(C(C)(C)C)c3)c3ccc(C(C)(C)c4ccccc4)cc32)c1.[CH3-].[Pt+4]. The zero-order valence-electron chi connectivity index (χ0n) is 42.8. The second-order valence-corrected chi connectivity index (χ2v) is 22.9. The molecule has 0 N–H and O–H groups in total. The van der Waals surface area contributed by atoms with Gasteiger partial charge in [-0.15, -0.1) is 53.6 Å². The van der Waals surface area contributed by atoms with Crippen LogP contribution in [0.3, 0.4) is 0 Å². The molecule has 0 saturated carbocycles. The van der Waals surface area contributed by atoms with Gasteiger partial charge in [-0.25, -0.2) is 4.98 Å². The van der Waals surface area contributed by atoms with Gasteiger partial charge in [-0.3, -0.25) is 0 Å². The fourth-order valence-electron chi connectivity index (χ4n) is 9.03. The average molecular weight is 1080 g/mol. The second kappa shape index (κ2) is 18.0. The van der Waals surface area contributed by atoms with Gasteiger partial charge in [0, 0.05) is 45.7 Å². The Kier molecular flexibility index (Phi) is 13.3. The first-order valence-corrected chi connectivity index (χ1v) is 23.4. The maximum atomic E-state index is 6.93. The van der Waals surface area contributed by atoms with E-state index in [2.05, 4.69) is 251 Å². The number of hydrogen-bond acceptors (Lipinski definition) is 4. The number of fused-ring (bicyclic) bond motifs is 4. The first-order chi connectivity index (χ1) is 31.0. The predicted molar refractivity (Wildman–Crippen MR) is 284 cm³/mol. The summed E-state index contributed by atoms with van der Waals surface area (Å²) in [5.41, 5.74) is 13.2. The zero-order chi connectivity index (χ0) is 47.1. The van der Waals surface area contributed by atoms with Crippen LogP contribution in [0.2, 0.25) is 0 Å². The Labute approximate surface area is 421 Å². The number of nitrogens with zero attached hydrogens (tertiary/aromatic N) is 4. The fraction of sp³-hybridized carbons (Fsp3) is 0.306. The summed E-state index contributed by atoms with van der Waals surface area (Å²) in [5, 5.41) is 2.24. The van der Waals surface area contributed by atoms with Crippen molar-refractivity contribution in [3.63, 3.8) is 0 Å². The van der Waals surface area contributed by atoms with Gasteiger partial charge in [-0.2, -0.15) is 6.07 Å². The second-order valence-electron chi connectivity index (χ2n) is 22.9. The molecule has 0 amide bonds. The molecule has 0 radical (unpaired) electrons. The Hall–Kier alpha value is -5.64. The van der Waals surface area contributed by atoms with Crippen molar-refractivity contribution in [2.24, 2.45) is 0 Å². The molecule has 2 aromatic heterocycles. The summed E-state index contributed by atoms with van der Waals surface area (Å²) in [6, 6.07) is 53.8. The maximum absolute atomic E-state index is 6.93. The first-order valence-electron chi connectivity index (χ1n) is 23.4. The van der Waals surface area contributed by atoms with Crippen LogP contribution in [-0.2, 0) is 48.1 Å². The van der Waals surface area contributed by atoms with E-state index in [1.807, 2.05) is 12.3 Å². The molecule has 8 aromatic rings. The standard InChI is InChI=1S/C61H65N4O.CH3.Pt/c1-57(2,3)41-28-29-62-56(36-41)65-52-23-19-18-22-50(52)51-26-25-48(38-54(51)65)66-49-34-45(60(10,11)12)33-47(37-49)64-39-63(46-31-43(58(4,5)6)30-44(32-46)59(7,8)9)53-27-24-42(35-55(53)64)61(13,14)40-20-16-15-17-21-40;;/h15-36,39H,1-14H3;1H3;/q-3;-1;+4. The average Bonchev–Trinajstić information content (AvgIpc) is 3.81. The van der Waals surface area contributed by atoms with Crippen LogP contribution in [0.1, 0.15) is 130 Å². The molecule has 1 aliphatic heterocycles. The molecule has 0 aliphatic carbocycles. The van der Waals surface area contributed by atoms with Crippen molar-refractivity contribution in [1.29, 1.82) is 0 Å². The molecule has 352 valence electrons. The summed E-state index contributed by atoms with van der Waals surface area (Å²) in [4.78, 5) is 9.57. The molecule has 5 nitrogen and oxygen atoms in total. The summed E-state index contributed by atoms with van der Waals surface area (Å²) >= 11 is 0. The van der Waals surface area contributed by atoms with Crippen LogP contribution in [0.15, 0.2) is 134 Å². The summed E-state index contributed by atoms with van der Waals surface area (Å²) < 4.78 is 9.14. The van der Waals surface area contributed by atoms with Crippen molar-refractivity contribution in [3.05, 3.63) is 193 Å². The van der Waals surface area contributed by atoms with Gasteiger partial charge in [-0.05, 0) is 97.3 Å². The molecule has 3 heterocycles. The summed E-state index contributed by atoms with van der Waals surface area (Å²) in [7, 11) is 0. The van der Waals surface area contributed by atoms with Crippen molar-refractivity contribution >= 4 is 44.6 Å². The van der Waals surface area contributed by atoms with Gasteiger partial charge in [0.25, 0.3) is 0 Å². The van der Waals surface area contributed by atoms with Gasteiger partial charge in [0.15, 0.2) is 0 Å². The minimum atomic E-state index is -0.243. The number of anilines is 4. The number of para-hydroxylation sites is 1. The first kappa shape index (κ1) is 50.2. The Balaban J connectivity index is 0.00000342. The van der Waals surface area contributed by atoms with E-state index in [1.54, 1.807) is 0 Å². The third kappa shape index (κ3) is 9.53. The molecule has 0 saturated heterocycles. The number of pyridine rings is 1. The van der Waals surface area contributed by atoms with Crippen molar-refractivity contribution in [3.8, 4) is 17.3 Å². The van der Waals surface area contributed by atoms with Crippen LogP contribution in [-0.4, -0.2) is 9.55 Å². The third-order valence-corrected chi connectivity index (χ3v) is 13.4. The van der Waals surface area contributed by atoms with Gasteiger partial charge < -0.3 is 26.5 Å². The van der Waals surface area contributed by atoms with Gasteiger partial charge in [0.05, 0.1) is 0 Å². The Morgan fingerprint density at radius 1 is 0.485 bits per heavy atom. The number of hydrogen-bond donors (Lipinski definition) is 0. The molecule has 6 aromatic carbocycles. The fourth-order valence-corrected chi connectivity index (χ4v) is 9.03. The van der Waals surface area contributed by atoms with Gasteiger partial charge in [0.2, 0.25) is 0 Å². The van der Waals surface area contributed by atoms with Gasteiger partial charge >= 0.3 is 21.1 Å². The van der Waals surface area contributed by atoms with E-state index in [0.29, 0.717) is 11.5 Å². The Bertz CT molecular complexity index is 3080. The molecule has 0 bridgehead atoms. The largest absolute Gasteiger partial charge is 4.00 e. The molecule has 0 spiro atoms. The monoisotopic (exact) mass is 1080 g/mol. The van der Waals surface area contributed by atoms with E-state index in [1.165, 1.54) is 27.8 Å². The number of benzene rings is 6. The zero-order valence-corrected chi connectivity index (χ0v) is 45.1. The number of rotatable bonds is 7. The van der Waals surface area contributed by atoms with Crippen molar-refractivity contribution < 1.29 is 25.8 Å². The van der Waals surface area contributed by atoms with Crippen LogP contribution in [0.5, 0.6) is 11.5 Å². The van der Waals surface area contributed by atoms with Crippen LogP contribution >= 0.6 is 0 Å². The van der Waals surface area contributed by atoms with Crippen molar-refractivity contribution in [1.82, 2.24) is 9.55 Å². The van der Waals surface area contributed by atoms with E-state index < -0.39 is 0 Å². The minimum Gasteiger partial charge on any atom is -0.509 e. The molecule has 68 heavy (non-hydrogen) atoms. The molecular weight excluding hydrogens is 1010 g/mol. The van der Waals surface area contributed by atoms with E-state index >= 15 is 0 Å². The number of ether oxygens (including phenoxy) is 1. The van der Waals surface area contributed by atoms with Crippen molar-refractivity contribution in [2.75, 3.05) is 9.80 Å². The maximum Gasteiger partial charge on any atom is 4.00 e. The van der Waals surface area contributed by atoms with E-state index in [-0.39, 0.29) is 55.6 Å². The predicted octanol–water partition coefficient (Wildman–Crippen LogP) is 16.9. The molecule has 0 atom stereocenters. The van der Waals surface area contributed by atoms with Gasteiger partial charge in [0.1, 0.15) is 5.82 Å². The summed E-state index contributed by atoms with van der Waals surface area (Å²) in [5.74, 6) is 2.10. The number of aromatic nitrogens is 2. The van der Waals surface area contributed by atoms with Crippen LogP contribution in [0.4, 0.5) is 22.7 Å².